The molecule has 1 aliphatic heterocycles. The lowest BCUT2D eigenvalue weighted by Gasteiger charge is -2.20. The fourth-order valence-electron chi connectivity index (χ4n) is 2.68. The molecule has 28 heavy (non-hydrogen) atoms. The van der Waals surface area contributed by atoms with Gasteiger partial charge >= 0.3 is 0 Å². The number of hydrogen-bond donors (Lipinski definition) is 2. The largest absolute Gasteiger partial charge is 0.346 e. The van der Waals surface area contributed by atoms with Gasteiger partial charge in [-0.1, -0.05) is 36.4 Å². The van der Waals surface area contributed by atoms with Crippen LogP contribution >= 0.6 is 0 Å². The van der Waals surface area contributed by atoms with Crippen molar-refractivity contribution in [2.75, 3.05) is 11.9 Å². The van der Waals surface area contributed by atoms with Crippen LogP contribution in [-0.2, 0) is 14.8 Å². The topological polar surface area (TPSA) is 110 Å². The summed E-state index contributed by atoms with van der Waals surface area (Å²) < 4.78 is 22.6. The minimum absolute atomic E-state index is 0.0316. The second kappa shape index (κ2) is 8.20. The smallest absolute Gasteiger partial charge is 0.253 e. The number of sulfonamides is 1. The van der Waals surface area contributed by atoms with Crippen LogP contribution in [0.25, 0.3) is 0 Å². The third-order valence-corrected chi connectivity index (χ3v) is 5.04. The Morgan fingerprint density at radius 1 is 1.04 bits per heavy atom. The maximum atomic E-state index is 12.5. The van der Waals surface area contributed by atoms with Crippen molar-refractivity contribution in [2.24, 2.45) is 5.14 Å². The van der Waals surface area contributed by atoms with Crippen molar-refractivity contribution in [2.45, 2.75) is 11.3 Å². The van der Waals surface area contributed by atoms with Crippen molar-refractivity contribution in [1.29, 1.82) is 0 Å². The van der Waals surface area contributed by atoms with Crippen LogP contribution in [0.15, 0.2) is 83.5 Å². The van der Waals surface area contributed by atoms with Gasteiger partial charge in [-0.05, 0) is 30.7 Å². The number of primary sulfonamides is 1. The van der Waals surface area contributed by atoms with Gasteiger partial charge in [-0.15, -0.1) is 0 Å². The lowest BCUT2D eigenvalue weighted by molar-refractivity contribution is -0.113. The number of ketones is 1. The summed E-state index contributed by atoms with van der Waals surface area (Å²) in [6.45, 7) is 0.125. The van der Waals surface area contributed by atoms with E-state index in [1.807, 2.05) is 6.07 Å². The van der Waals surface area contributed by atoms with E-state index in [1.165, 1.54) is 24.3 Å². The van der Waals surface area contributed by atoms with E-state index < -0.39 is 10.0 Å². The molecule has 7 nitrogen and oxygen atoms in total. The van der Waals surface area contributed by atoms with E-state index in [0.717, 1.165) is 0 Å². The van der Waals surface area contributed by atoms with E-state index in [-0.39, 0.29) is 23.1 Å². The number of benzene rings is 2. The minimum atomic E-state index is -3.78. The molecule has 0 atom stereocenters. The summed E-state index contributed by atoms with van der Waals surface area (Å²) in [6, 6.07) is 14.5. The molecule has 0 aromatic heterocycles. The Kier molecular flexibility index (Phi) is 5.72. The molecular weight excluding hydrogens is 378 g/mol. The lowest BCUT2D eigenvalue weighted by Crippen LogP contribution is -2.25. The average Bonchev–Trinajstić information content (AvgIpc) is 2.68. The van der Waals surface area contributed by atoms with Gasteiger partial charge in [0.15, 0.2) is 5.78 Å². The van der Waals surface area contributed by atoms with Gasteiger partial charge in [-0.2, -0.15) is 0 Å². The van der Waals surface area contributed by atoms with E-state index in [2.05, 4.69) is 5.32 Å². The number of carbonyl (C=O) groups excluding carboxylic acids is 2. The summed E-state index contributed by atoms with van der Waals surface area (Å²) >= 11 is 0. The molecule has 1 amide bonds. The van der Waals surface area contributed by atoms with Gasteiger partial charge in [0, 0.05) is 29.2 Å². The molecule has 1 heterocycles. The summed E-state index contributed by atoms with van der Waals surface area (Å²) in [5.41, 5.74) is 1.54. The van der Waals surface area contributed by atoms with Crippen molar-refractivity contribution >= 4 is 27.4 Å². The maximum Gasteiger partial charge on any atom is 0.253 e. The van der Waals surface area contributed by atoms with Crippen molar-refractivity contribution in [3.8, 4) is 0 Å². The van der Waals surface area contributed by atoms with Crippen LogP contribution in [0.2, 0.25) is 0 Å². The molecule has 2 aromatic rings. The predicted molar refractivity (Wildman–Crippen MR) is 106 cm³/mol. The van der Waals surface area contributed by atoms with E-state index in [4.69, 9.17) is 5.14 Å². The molecule has 1 aliphatic rings. The number of nitrogens with zero attached hydrogens (tertiary/aromatic N) is 1. The zero-order valence-electron chi connectivity index (χ0n) is 14.9. The summed E-state index contributed by atoms with van der Waals surface area (Å²) in [5, 5.41) is 7.76. The van der Waals surface area contributed by atoms with Gasteiger partial charge in [-0.25, -0.2) is 13.6 Å². The number of nitrogens with two attached hydrogens (primary N) is 1. The molecule has 3 rings (SSSR count). The van der Waals surface area contributed by atoms with E-state index in [0.29, 0.717) is 23.2 Å². The van der Waals surface area contributed by atoms with Gasteiger partial charge in [0.05, 0.1) is 11.4 Å². The Balaban J connectivity index is 1.65. The standard InChI is InChI=1S/C20H19N3O4S/c21-28(26,27)18-10-8-17(9-11-18)22-20(25)16-7-4-12-23(13-16)14-19(24)15-5-2-1-3-6-15/h1-6,8-13H,7,14H2,(H,22,25)(H2,21,26,27). The van der Waals surface area contributed by atoms with Crippen LogP contribution in [0.4, 0.5) is 5.69 Å². The van der Waals surface area contributed by atoms with Crippen molar-refractivity contribution < 1.29 is 18.0 Å². The normalized spacial score (nSPS) is 13.8. The third-order valence-electron chi connectivity index (χ3n) is 4.11. The molecule has 144 valence electrons. The Bertz CT molecular complexity index is 1040. The Morgan fingerprint density at radius 2 is 1.71 bits per heavy atom. The highest BCUT2D eigenvalue weighted by Crippen LogP contribution is 2.17. The number of Topliss-reactive ketones (excluding diaryl/α,β-unsaturated/α-hetero) is 1. The first kappa shape index (κ1) is 19.5. The number of allylic oxidation sites excluding steroid dienone is 1. The van der Waals surface area contributed by atoms with Gasteiger partial charge in [0.25, 0.3) is 5.91 Å². The fourth-order valence-corrected chi connectivity index (χ4v) is 3.20. The van der Waals surface area contributed by atoms with E-state index in [9.17, 15) is 18.0 Å². The molecule has 0 radical (unpaired) electrons. The Labute approximate surface area is 163 Å². The monoisotopic (exact) mass is 397 g/mol. The Morgan fingerprint density at radius 3 is 2.36 bits per heavy atom. The number of rotatable bonds is 6. The zero-order chi connectivity index (χ0) is 20.1. The molecule has 8 heteroatoms. The lowest BCUT2D eigenvalue weighted by atomic mass is 10.1. The van der Waals surface area contributed by atoms with Gasteiger partial charge in [-0.3, -0.25) is 9.59 Å². The minimum Gasteiger partial charge on any atom is -0.346 e. The highest BCUT2D eigenvalue weighted by atomic mass is 32.2. The number of anilines is 1. The van der Waals surface area contributed by atoms with Crippen LogP contribution in [0, 0.1) is 0 Å². The van der Waals surface area contributed by atoms with Crippen molar-refractivity contribution in [3.63, 3.8) is 0 Å². The number of hydrogen-bond acceptors (Lipinski definition) is 5. The molecule has 3 N–H and O–H groups in total. The number of carbonyl (C=O) groups is 2. The second-order valence-corrected chi connectivity index (χ2v) is 7.79. The first-order valence-corrected chi connectivity index (χ1v) is 10.0. The first-order chi connectivity index (χ1) is 13.3. The second-order valence-electron chi connectivity index (χ2n) is 6.23. The molecule has 0 unspecified atom stereocenters. The third kappa shape index (κ3) is 4.93. The number of amides is 1. The van der Waals surface area contributed by atoms with Crippen LogP contribution in [0.5, 0.6) is 0 Å². The SMILES string of the molecule is NS(=O)(=O)c1ccc(NC(=O)C2=CN(CC(=O)c3ccccc3)C=CC2)cc1. The molecule has 0 bridgehead atoms. The quantitative estimate of drug-likeness (QED) is 0.727. The summed E-state index contributed by atoms with van der Waals surface area (Å²) in [5.74, 6) is -0.383. The van der Waals surface area contributed by atoms with Crippen LogP contribution < -0.4 is 10.5 Å². The maximum absolute atomic E-state index is 12.5. The number of nitrogens with one attached hydrogen (secondary N) is 1. The first-order valence-electron chi connectivity index (χ1n) is 8.48. The van der Waals surface area contributed by atoms with Gasteiger partial charge in [0.1, 0.15) is 0 Å². The fraction of sp³-hybridized carbons (Fsp3) is 0.100. The molecule has 0 aliphatic carbocycles. The zero-order valence-corrected chi connectivity index (χ0v) is 15.7. The van der Waals surface area contributed by atoms with Gasteiger partial charge in [0.2, 0.25) is 10.0 Å². The average molecular weight is 397 g/mol. The summed E-state index contributed by atoms with van der Waals surface area (Å²) in [4.78, 5) is 26.4. The highest BCUT2D eigenvalue weighted by Gasteiger charge is 2.16. The molecular formula is C20H19N3O4S. The van der Waals surface area contributed by atoms with Crippen molar-refractivity contribution in [3.05, 3.63) is 84.2 Å². The summed E-state index contributed by atoms with van der Waals surface area (Å²) in [7, 11) is -3.78. The van der Waals surface area contributed by atoms with E-state index in [1.54, 1.807) is 47.6 Å². The van der Waals surface area contributed by atoms with Crippen molar-refractivity contribution in [1.82, 2.24) is 4.90 Å². The summed E-state index contributed by atoms with van der Waals surface area (Å²) in [6.07, 6.45) is 5.63. The van der Waals surface area contributed by atoms with Gasteiger partial charge < -0.3 is 10.2 Å². The van der Waals surface area contributed by atoms with E-state index >= 15 is 0 Å². The van der Waals surface area contributed by atoms with Crippen LogP contribution in [0.1, 0.15) is 16.8 Å². The molecule has 0 spiro atoms. The molecule has 0 saturated heterocycles. The van der Waals surface area contributed by atoms with Crippen LogP contribution in [0.3, 0.4) is 0 Å². The Hall–Kier alpha value is -3.23. The molecule has 0 fully saturated rings. The highest BCUT2D eigenvalue weighted by molar-refractivity contribution is 7.89. The predicted octanol–water partition coefficient (Wildman–Crippen LogP) is 2.26. The van der Waals surface area contributed by atoms with Crippen LogP contribution in [-0.4, -0.2) is 31.6 Å². The molecule has 0 saturated carbocycles. The molecule has 2 aromatic carbocycles.